The quantitative estimate of drug-likeness (QED) is 0.721. The third-order valence-corrected chi connectivity index (χ3v) is 4.98. The van der Waals surface area contributed by atoms with Gasteiger partial charge in [-0.05, 0) is 30.3 Å². The number of benzene rings is 2. The van der Waals surface area contributed by atoms with Crippen LogP contribution in [-0.2, 0) is 11.3 Å². The zero-order valence-corrected chi connectivity index (χ0v) is 14.4. The zero-order valence-electron chi connectivity index (χ0n) is 13.6. The summed E-state index contributed by atoms with van der Waals surface area (Å²) in [5.74, 6) is 0.911. The minimum absolute atomic E-state index is 0.178. The van der Waals surface area contributed by atoms with Crippen molar-refractivity contribution in [3.05, 3.63) is 52.8 Å². The van der Waals surface area contributed by atoms with Gasteiger partial charge < -0.3 is 18.8 Å². The Morgan fingerprint density at radius 2 is 2.08 bits per heavy atom. The molecule has 1 aromatic heterocycles. The number of methoxy groups -OCH3 is 1. The Kier molecular flexibility index (Phi) is 4.25. The highest BCUT2D eigenvalue weighted by molar-refractivity contribution is 7.16. The summed E-state index contributed by atoms with van der Waals surface area (Å²) in [6, 6.07) is 13.1. The van der Waals surface area contributed by atoms with Crippen molar-refractivity contribution in [1.82, 2.24) is 4.57 Å². The second kappa shape index (κ2) is 6.70. The van der Waals surface area contributed by atoms with Crippen molar-refractivity contribution in [2.45, 2.75) is 6.54 Å². The summed E-state index contributed by atoms with van der Waals surface area (Å²) < 4.78 is 18.9. The van der Waals surface area contributed by atoms with Crippen LogP contribution in [0.25, 0.3) is 10.2 Å². The lowest BCUT2D eigenvalue weighted by atomic mass is 10.2. The number of ether oxygens (including phenoxy) is 3. The molecule has 4 rings (SSSR count). The molecule has 0 aliphatic carbocycles. The highest BCUT2D eigenvalue weighted by Crippen LogP contribution is 2.32. The predicted molar refractivity (Wildman–Crippen MR) is 94.1 cm³/mol. The molecule has 1 aliphatic rings. The van der Waals surface area contributed by atoms with Crippen molar-refractivity contribution in [2.75, 3.05) is 20.5 Å². The van der Waals surface area contributed by atoms with Crippen molar-refractivity contribution >= 4 is 27.5 Å². The maximum Gasteiger partial charge on any atom is 0.279 e. The van der Waals surface area contributed by atoms with Gasteiger partial charge in [-0.15, -0.1) is 0 Å². The fraction of sp³-hybridized carbons (Fsp3) is 0.222. The summed E-state index contributed by atoms with van der Waals surface area (Å²) in [6.07, 6.45) is 0. The molecule has 1 amide bonds. The summed E-state index contributed by atoms with van der Waals surface area (Å²) in [4.78, 5) is 17.6. The first-order chi connectivity index (χ1) is 12.3. The molecule has 25 heavy (non-hydrogen) atoms. The summed E-state index contributed by atoms with van der Waals surface area (Å²) >= 11 is 1.49. The number of hydrogen-bond donors (Lipinski definition) is 0. The van der Waals surface area contributed by atoms with Crippen molar-refractivity contribution < 1.29 is 19.0 Å². The largest absolute Gasteiger partial charge is 0.454 e. The molecule has 1 aliphatic heterocycles. The number of hydrogen-bond acceptors (Lipinski definition) is 5. The molecule has 6 nitrogen and oxygen atoms in total. The van der Waals surface area contributed by atoms with Gasteiger partial charge in [-0.3, -0.25) is 4.79 Å². The molecule has 128 valence electrons. The number of aromatic nitrogens is 1. The summed E-state index contributed by atoms with van der Waals surface area (Å²) in [5, 5.41) is 0. The highest BCUT2D eigenvalue weighted by atomic mass is 32.1. The first-order valence-corrected chi connectivity index (χ1v) is 8.64. The van der Waals surface area contributed by atoms with E-state index in [0.717, 1.165) is 10.2 Å². The van der Waals surface area contributed by atoms with Crippen LogP contribution in [0.3, 0.4) is 0 Å². The van der Waals surface area contributed by atoms with Gasteiger partial charge >= 0.3 is 0 Å². The molecule has 3 aromatic rings. The molecule has 0 saturated carbocycles. The summed E-state index contributed by atoms with van der Waals surface area (Å²) in [7, 11) is 1.66. The SMILES string of the molecule is COCCn1c(=NC(=O)c2ccc3c(c2)OCO3)sc2ccccc21. The van der Waals surface area contributed by atoms with Crippen LogP contribution in [0.5, 0.6) is 11.5 Å². The van der Waals surface area contributed by atoms with Crippen LogP contribution in [0, 0.1) is 0 Å². The maximum atomic E-state index is 12.6. The Bertz CT molecular complexity index is 1010. The average molecular weight is 356 g/mol. The Morgan fingerprint density at radius 1 is 1.24 bits per heavy atom. The van der Waals surface area contributed by atoms with Gasteiger partial charge in [0.15, 0.2) is 16.3 Å². The number of rotatable bonds is 4. The van der Waals surface area contributed by atoms with Gasteiger partial charge in [0.1, 0.15) is 0 Å². The smallest absolute Gasteiger partial charge is 0.279 e. The third-order valence-electron chi connectivity index (χ3n) is 3.92. The predicted octanol–water partition coefficient (Wildman–Crippen LogP) is 2.82. The van der Waals surface area contributed by atoms with Crippen LogP contribution < -0.4 is 14.3 Å². The van der Waals surface area contributed by atoms with Crippen LogP contribution in [-0.4, -0.2) is 31.0 Å². The van der Waals surface area contributed by atoms with Crippen molar-refractivity contribution in [1.29, 1.82) is 0 Å². The van der Waals surface area contributed by atoms with Gasteiger partial charge in [-0.2, -0.15) is 4.99 Å². The van der Waals surface area contributed by atoms with Crippen molar-refractivity contribution in [3.8, 4) is 11.5 Å². The molecular formula is C18H16N2O4S. The average Bonchev–Trinajstić information content (AvgIpc) is 3.23. The van der Waals surface area contributed by atoms with Gasteiger partial charge in [0.2, 0.25) is 6.79 Å². The van der Waals surface area contributed by atoms with Crippen LogP contribution in [0.1, 0.15) is 10.4 Å². The molecule has 0 fully saturated rings. The lowest BCUT2D eigenvalue weighted by molar-refractivity contribution is 0.0997. The Morgan fingerprint density at radius 3 is 2.96 bits per heavy atom. The van der Waals surface area contributed by atoms with E-state index in [-0.39, 0.29) is 12.7 Å². The van der Waals surface area contributed by atoms with E-state index in [1.165, 1.54) is 11.3 Å². The molecule has 0 N–H and O–H groups in total. The first-order valence-electron chi connectivity index (χ1n) is 7.82. The van der Waals surface area contributed by atoms with E-state index in [4.69, 9.17) is 14.2 Å². The van der Waals surface area contributed by atoms with Gasteiger partial charge in [0, 0.05) is 19.2 Å². The summed E-state index contributed by atoms with van der Waals surface area (Å²) in [6.45, 7) is 1.36. The third kappa shape index (κ3) is 3.04. The van der Waals surface area contributed by atoms with E-state index in [9.17, 15) is 4.79 Å². The zero-order chi connectivity index (χ0) is 17.2. The molecule has 2 heterocycles. The van der Waals surface area contributed by atoms with Crippen molar-refractivity contribution in [2.24, 2.45) is 4.99 Å². The molecule has 0 spiro atoms. The van der Waals surface area contributed by atoms with E-state index in [0.29, 0.717) is 35.0 Å². The van der Waals surface area contributed by atoms with Gasteiger partial charge in [-0.25, -0.2) is 0 Å². The number of carbonyl (C=O) groups is 1. The lowest BCUT2D eigenvalue weighted by Crippen LogP contribution is -2.19. The monoisotopic (exact) mass is 356 g/mol. The fourth-order valence-corrected chi connectivity index (χ4v) is 3.74. The molecule has 0 unspecified atom stereocenters. The topological polar surface area (TPSA) is 62.1 Å². The molecule has 2 aromatic carbocycles. The van der Waals surface area contributed by atoms with Crippen LogP contribution >= 0.6 is 11.3 Å². The van der Waals surface area contributed by atoms with Gasteiger partial charge in [-0.1, -0.05) is 23.5 Å². The van der Waals surface area contributed by atoms with Crippen LogP contribution in [0.15, 0.2) is 47.5 Å². The Balaban J connectivity index is 1.76. The van der Waals surface area contributed by atoms with E-state index >= 15 is 0 Å². The second-order valence-corrected chi connectivity index (χ2v) is 6.49. The number of carbonyl (C=O) groups excluding carboxylic acids is 1. The summed E-state index contributed by atoms with van der Waals surface area (Å²) in [5.41, 5.74) is 1.52. The molecule has 0 saturated heterocycles. The maximum absolute atomic E-state index is 12.6. The number of amides is 1. The normalized spacial score (nSPS) is 13.6. The number of para-hydroxylation sites is 1. The standard InChI is InChI=1S/C18H16N2O4S/c1-22-9-8-20-13-4-2-3-5-16(13)25-18(20)19-17(21)12-6-7-14-15(10-12)24-11-23-14/h2-7,10H,8-9,11H2,1H3. The number of fused-ring (bicyclic) bond motifs is 2. The molecule has 0 bridgehead atoms. The minimum atomic E-state index is -0.309. The highest BCUT2D eigenvalue weighted by Gasteiger charge is 2.16. The number of nitrogens with zero attached hydrogens (tertiary/aromatic N) is 2. The Labute approximate surface area is 147 Å². The lowest BCUT2D eigenvalue weighted by Gasteiger charge is -2.04. The first kappa shape index (κ1) is 15.9. The van der Waals surface area contributed by atoms with Gasteiger partial charge in [0.25, 0.3) is 5.91 Å². The minimum Gasteiger partial charge on any atom is -0.454 e. The van der Waals surface area contributed by atoms with E-state index in [1.54, 1.807) is 25.3 Å². The van der Waals surface area contributed by atoms with E-state index < -0.39 is 0 Å². The second-order valence-electron chi connectivity index (χ2n) is 5.48. The molecule has 7 heteroatoms. The number of thiazole rings is 1. The van der Waals surface area contributed by atoms with E-state index in [1.807, 2.05) is 28.8 Å². The van der Waals surface area contributed by atoms with E-state index in [2.05, 4.69) is 4.99 Å². The van der Waals surface area contributed by atoms with Gasteiger partial charge in [0.05, 0.1) is 16.8 Å². The fourth-order valence-electron chi connectivity index (χ4n) is 2.69. The molecule has 0 radical (unpaired) electrons. The van der Waals surface area contributed by atoms with Crippen molar-refractivity contribution in [3.63, 3.8) is 0 Å². The van der Waals surface area contributed by atoms with Crippen LogP contribution in [0.2, 0.25) is 0 Å². The van der Waals surface area contributed by atoms with Crippen LogP contribution in [0.4, 0.5) is 0 Å². The molecule has 0 atom stereocenters. The molecular weight excluding hydrogens is 340 g/mol. The Hall–Kier alpha value is -2.64.